The van der Waals surface area contributed by atoms with Gasteiger partial charge >= 0.3 is 13.6 Å². The first-order chi connectivity index (χ1) is 5.89. The molecular weight excluding hydrogens is 195 g/mol. The third kappa shape index (κ3) is 5.03. The van der Waals surface area contributed by atoms with Gasteiger partial charge in [-0.05, 0) is 6.42 Å². The highest BCUT2D eigenvalue weighted by molar-refractivity contribution is 7.53. The molecule has 0 rings (SSSR count). The minimum absolute atomic E-state index is 0.0491. The van der Waals surface area contributed by atoms with Crippen molar-refractivity contribution in [2.24, 2.45) is 0 Å². The molecule has 0 spiro atoms. The van der Waals surface area contributed by atoms with Crippen molar-refractivity contribution in [3.05, 3.63) is 0 Å². The van der Waals surface area contributed by atoms with Crippen LogP contribution < -0.4 is 0 Å². The lowest BCUT2D eigenvalue weighted by atomic mass is 10.1. The topological polar surface area (TPSA) is 94.8 Å². The summed E-state index contributed by atoms with van der Waals surface area (Å²) in [5.74, 6) is -1.41. The van der Waals surface area contributed by atoms with E-state index < -0.39 is 19.2 Å². The monoisotopic (exact) mass is 210 g/mol. The van der Waals surface area contributed by atoms with Gasteiger partial charge < -0.3 is 14.9 Å². The summed E-state index contributed by atoms with van der Waals surface area (Å²) in [6.45, 7) is 1.94. The van der Waals surface area contributed by atoms with E-state index in [1.165, 1.54) is 0 Å². The molecule has 0 bridgehead atoms. The SMILES string of the molecule is CCCCCC(C(=O)O)P(=O)(O)O. The van der Waals surface area contributed by atoms with Gasteiger partial charge in [0.2, 0.25) is 0 Å². The van der Waals surface area contributed by atoms with Crippen LogP contribution in [-0.2, 0) is 9.36 Å². The Hall–Kier alpha value is -0.380. The Morgan fingerprint density at radius 2 is 1.92 bits per heavy atom. The van der Waals surface area contributed by atoms with Gasteiger partial charge in [0, 0.05) is 0 Å². The number of carboxylic acid groups (broad SMARTS) is 1. The molecule has 0 amide bonds. The Kier molecular flexibility index (Phi) is 5.21. The van der Waals surface area contributed by atoms with Gasteiger partial charge in [-0.15, -0.1) is 0 Å². The number of carbonyl (C=O) groups is 1. The second-order valence-electron chi connectivity index (χ2n) is 2.94. The van der Waals surface area contributed by atoms with Crippen LogP contribution in [0, 0.1) is 0 Å². The van der Waals surface area contributed by atoms with Crippen molar-refractivity contribution in [2.75, 3.05) is 0 Å². The number of unbranched alkanes of at least 4 members (excludes halogenated alkanes) is 2. The maximum atomic E-state index is 10.7. The summed E-state index contributed by atoms with van der Waals surface area (Å²) in [5, 5.41) is 8.52. The van der Waals surface area contributed by atoms with E-state index in [0.29, 0.717) is 6.42 Å². The molecule has 0 saturated heterocycles. The molecule has 1 atom stereocenters. The van der Waals surface area contributed by atoms with Gasteiger partial charge in [-0.25, -0.2) is 0 Å². The summed E-state index contributed by atoms with van der Waals surface area (Å²) in [6.07, 6.45) is 2.28. The van der Waals surface area contributed by atoms with Crippen LogP contribution in [0.3, 0.4) is 0 Å². The zero-order chi connectivity index (χ0) is 10.5. The molecule has 78 valence electrons. The predicted molar refractivity (Wildman–Crippen MR) is 47.6 cm³/mol. The van der Waals surface area contributed by atoms with Crippen LogP contribution in [0.5, 0.6) is 0 Å². The smallest absolute Gasteiger partial charge is 0.339 e. The second kappa shape index (κ2) is 5.37. The molecule has 0 heterocycles. The fraction of sp³-hybridized carbons (Fsp3) is 0.857. The maximum absolute atomic E-state index is 10.7. The highest BCUT2D eigenvalue weighted by Gasteiger charge is 2.34. The Labute approximate surface area is 76.9 Å². The molecule has 5 nitrogen and oxygen atoms in total. The average molecular weight is 210 g/mol. The second-order valence-corrected chi connectivity index (χ2v) is 4.74. The Balaban J connectivity index is 4.13. The van der Waals surface area contributed by atoms with Crippen molar-refractivity contribution in [3.63, 3.8) is 0 Å². The van der Waals surface area contributed by atoms with Gasteiger partial charge in [0.15, 0.2) is 5.66 Å². The first-order valence-electron chi connectivity index (χ1n) is 4.17. The molecule has 0 aromatic carbocycles. The van der Waals surface area contributed by atoms with Crippen molar-refractivity contribution in [1.29, 1.82) is 0 Å². The molecule has 0 aromatic rings. The van der Waals surface area contributed by atoms with E-state index in [1.807, 2.05) is 6.92 Å². The lowest BCUT2D eigenvalue weighted by Crippen LogP contribution is -2.20. The van der Waals surface area contributed by atoms with Crippen LogP contribution in [0.2, 0.25) is 0 Å². The molecule has 3 N–H and O–H groups in total. The molecule has 1 unspecified atom stereocenters. The van der Waals surface area contributed by atoms with Crippen LogP contribution in [0.4, 0.5) is 0 Å². The van der Waals surface area contributed by atoms with Gasteiger partial charge in [0.1, 0.15) is 0 Å². The van der Waals surface area contributed by atoms with E-state index in [1.54, 1.807) is 0 Å². The summed E-state index contributed by atoms with van der Waals surface area (Å²) >= 11 is 0. The summed E-state index contributed by atoms with van der Waals surface area (Å²) in [7, 11) is -4.47. The van der Waals surface area contributed by atoms with Crippen LogP contribution >= 0.6 is 7.60 Å². The number of hydrogen-bond donors (Lipinski definition) is 3. The molecule has 0 aromatic heterocycles. The Morgan fingerprint density at radius 3 is 2.23 bits per heavy atom. The molecule has 6 heteroatoms. The van der Waals surface area contributed by atoms with Gasteiger partial charge in [-0.1, -0.05) is 26.2 Å². The van der Waals surface area contributed by atoms with Gasteiger partial charge in [-0.2, -0.15) is 0 Å². The lowest BCUT2D eigenvalue weighted by Gasteiger charge is -2.12. The zero-order valence-electron chi connectivity index (χ0n) is 7.51. The molecule has 0 fully saturated rings. The van der Waals surface area contributed by atoms with Crippen molar-refractivity contribution >= 4 is 13.6 Å². The summed E-state index contributed by atoms with van der Waals surface area (Å²) in [6, 6.07) is 0. The Morgan fingerprint density at radius 1 is 1.38 bits per heavy atom. The fourth-order valence-corrected chi connectivity index (χ4v) is 1.83. The van der Waals surface area contributed by atoms with Crippen molar-refractivity contribution < 1.29 is 24.3 Å². The lowest BCUT2D eigenvalue weighted by molar-refractivity contribution is -0.137. The summed E-state index contributed by atoms with van der Waals surface area (Å²) < 4.78 is 10.7. The molecule has 0 aliphatic heterocycles. The summed E-state index contributed by atoms with van der Waals surface area (Å²) in [5.41, 5.74) is -1.53. The third-order valence-electron chi connectivity index (χ3n) is 1.77. The van der Waals surface area contributed by atoms with Gasteiger partial charge in [0.05, 0.1) is 0 Å². The normalized spacial score (nSPS) is 14.1. The van der Waals surface area contributed by atoms with Crippen LogP contribution in [-0.4, -0.2) is 26.5 Å². The van der Waals surface area contributed by atoms with Crippen LogP contribution in [0.1, 0.15) is 32.6 Å². The fourth-order valence-electron chi connectivity index (χ4n) is 1.02. The summed E-state index contributed by atoms with van der Waals surface area (Å²) in [4.78, 5) is 27.8. The van der Waals surface area contributed by atoms with Crippen molar-refractivity contribution in [1.82, 2.24) is 0 Å². The zero-order valence-corrected chi connectivity index (χ0v) is 8.41. The average Bonchev–Trinajstić information content (AvgIpc) is 1.94. The molecule has 0 saturated carbocycles. The number of hydrogen-bond acceptors (Lipinski definition) is 2. The van der Waals surface area contributed by atoms with E-state index in [0.717, 1.165) is 12.8 Å². The highest BCUT2D eigenvalue weighted by Crippen LogP contribution is 2.43. The number of aliphatic carboxylic acids is 1. The molecular formula is C7H15O5P. The van der Waals surface area contributed by atoms with E-state index in [2.05, 4.69) is 0 Å². The van der Waals surface area contributed by atoms with Crippen molar-refractivity contribution in [2.45, 2.75) is 38.3 Å². The van der Waals surface area contributed by atoms with Crippen LogP contribution in [0.25, 0.3) is 0 Å². The minimum Gasteiger partial charge on any atom is -0.481 e. The van der Waals surface area contributed by atoms with Gasteiger partial charge in [-0.3, -0.25) is 9.36 Å². The van der Waals surface area contributed by atoms with Crippen molar-refractivity contribution in [3.8, 4) is 0 Å². The molecule has 0 radical (unpaired) electrons. The largest absolute Gasteiger partial charge is 0.481 e. The van der Waals surface area contributed by atoms with E-state index >= 15 is 0 Å². The number of carboxylic acids is 1. The van der Waals surface area contributed by atoms with E-state index in [9.17, 15) is 9.36 Å². The predicted octanol–water partition coefficient (Wildman–Crippen LogP) is 1.20. The Bertz CT molecular complexity index is 209. The first-order valence-corrected chi connectivity index (χ1v) is 5.85. The highest BCUT2D eigenvalue weighted by atomic mass is 31.2. The quantitative estimate of drug-likeness (QED) is 0.452. The molecule has 0 aliphatic carbocycles. The first kappa shape index (κ1) is 12.6. The number of rotatable bonds is 6. The van der Waals surface area contributed by atoms with Gasteiger partial charge in [0.25, 0.3) is 0 Å². The van der Waals surface area contributed by atoms with E-state index in [-0.39, 0.29) is 6.42 Å². The molecule has 13 heavy (non-hydrogen) atoms. The minimum atomic E-state index is -4.47. The van der Waals surface area contributed by atoms with Crippen LogP contribution in [0.15, 0.2) is 0 Å². The molecule has 0 aliphatic rings. The maximum Gasteiger partial charge on any atom is 0.339 e. The third-order valence-corrected chi connectivity index (χ3v) is 3.06. The standard InChI is InChI=1S/C7H15O5P/c1-2-3-4-5-6(7(8)9)13(10,11)12/h6H,2-5H2,1H3,(H,8,9)(H2,10,11,12). The van der Waals surface area contributed by atoms with E-state index in [4.69, 9.17) is 14.9 Å².